The van der Waals surface area contributed by atoms with E-state index in [1.165, 1.54) is 0 Å². The highest BCUT2D eigenvalue weighted by atomic mass is 79.9. The molecule has 0 aliphatic rings. The van der Waals surface area contributed by atoms with E-state index < -0.39 is 0 Å². The average molecular weight is 367 g/mol. The molecule has 0 saturated carbocycles. The van der Waals surface area contributed by atoms with Gasteiger partial charge in [-0.15, -0.1) is 0 Å². The largest absolute Gasteiger partial charge is 0.338 e. The Morgan fingerprint density at radius 2 is 2.11 bits per heavy atom. The van der Waals surface area contributed by atoms with Crippen LogP contribution in [0, 0.1) is 18.3 Å². The quantitative estimate of drug-likeness (QED) is 0.849. The zero-order valence-corrected chi connectivity index (χ0v) is 12.7. The first-order valence-corrected chi connectivity index (χ1v) is 6.78. The van der Waals surface area contributed by atoms with E-state index in [-0.39, 0.29) is 0 Å². The summed E-state index contributed by atoms with van der Waals surface area (Å²) in [5, 5.41) is 12.3. The Hall–Kier alpha value is -1.38. The first kappa shape index (κ1) is 13.1. The normalized spacial score (nSPS) is 9.89. The van der Waals surface area contributed by atoms with Gasteiger partial charge in [-0.2, -0.15) is 5.26 Å². The van der Waals surface area contributed by atoms with Gasteiger partial charge in [0.1, 0.15) is 11.9 Å². The molecule has 90 valence electrons. The first-order chi connectivity index (χ1) is 8.61. The minimum Gasteiger partial charge on any atom is -0.338 e. The fraction of sp³-hybridized carbons (Fsp3) is 0.0769. The summed E-state index contributed by atoms with van der Waals surface area (Å²) in [7, 11) is 0. The van der Waals surface area contributed by atoms with Gasteiger partial charge in [0.25, 0.3) is 0 Å². The Kier molecular flexibility index (Phi) is 4.00. The maximum absolute atomic E-state index is 9.16. The topological polar surface area (TPSA) is 48.7 Å². The Balaban J connectivity index is 2.41. The van der Waals surface area contributed by atoms with Crippen LogP contribution in [0.5, 0.6) is 0 Å². The van der Waals surface area contributed by atoms with Crippen molar-refractivity contribution < 1.29 is 0 Å². The third-order valence-electron chi connectivity index (χ3n) is 2.45. The fourth-order valence-corrected chi connectivity index (χ4v) is 2.64. The van der Waals surface area contributed by atoms with Crippen molar-refractivity contribution in [3.8, 4) is 6.07 Å². The second-order valence-electron chi connectivity index (χ2n) is 3.72. The maximum Gasteiger partial charge on any atom is 0.144 e. The zero-order valence-electron chi connectivity index (χ0n) is 9.54. The number of nitriles is 1. The van der Waals surface area contributed by atoms with Crippen molar-refractivity contribution in [2.24, 2.45) is 0 Å². The SMILES string of the molecule is Cc1cccc(Nc2ncc(Br)cc2Br)c1C#N. The molecule has 0 unspecified atom stereocenters. The van der Waals surface area contributed by atoms with E-state index in [2.05, 4.69) is 48.2 Å². The molecule has 1 heterocycles. The molecule has 0 amide bonds. The summed E-state index contributed by atoms with van der Waals surface area (Å²) in [6, 6.07) is 9.78. The molecule has 2 aromatic rings. The number of aromatic nitrogens is 1. The van der Waals surface area contributed by atoms with Crippen LogP contribution in [0.25, 0.3) is 0 Å². The van der Waals surface area contributed by atoms with Gasteiger partial charge in [0, 0.05) is 10.7 Å². The molecular weight excluding hydrogens is 358 g/mol. The van der Waals surface area contributed by atoms with Gasteiger partial charge in [-0.3, -0.25) is 0 Å². The summed E-state index contributed by atoms with van der Waals surface area (Å²) < 4.78 is 1.73. The summed E-state index contributed by atoms with van der Waals surface area (Å²) in [4.78, 5) is 4.26. The molecular formula is C13H9Br2N3. The lowest BCUT2D eigenvalue weighted by atomic mass is 10.1. The number of anilines is 2. The number of rotatable bonds is 2. The van der Waals surface area contributed by atoms with Crippen LogP contribution in [-0.2, 0) is 0 Å². The molecule has 0 aliphatic carbocycles. The van der Waals surface area contributed by atoms with Crippen LogP contribution in [0.3, 0.4) is 0 Å². The van der Waals surface area contributed by atoms with E-state index in [0.29, 0.717) is 11.4 Å². The van der Waals surface area contributed by atoms with Gasteiger partial charge in [-0.25, -0.2) is 4.98 Å². The van der Waals surface area contributed by atoms with Crippen LogP contribution in [0.2, 0.25) is 0 Å². The minimum atomic E-state index is 0.633. The van der Waals surface area contributed by atoms with Gasteiger partial charge in [0.05, 0.1) is 15.7 Å². The lowest BCUT2D eigenvalue weighted by Crippen LogP contribution is -1.98. The number of hydrogen-bond acceptors (Lipinski definition) is 3. The number of hydrogen-bond donors (Lipinski definition) is 1. The molecule has 5 heteroatoms. The molecule has 18 heavy (non-hydrogen) atoms. The lowest BCUT2D eigenvalue weighted by Gasteiger charge is -2.10. The Morgan fingerprint density at radius 1 is 1.33 bits per heavy atom. The van der Waals surface area contributed by atoms with Crippen molar-refractivity contribution in [1.29, 1.82) is 5.26 Å². The van der Waals surface area contributed by atoms with Gasteiger partial charge in [-0.05, 0) is 56.5 Å². The van der Waals surface area contributed by atoms with E-state index in [1.54, 1.807) is 6.20 Å². The highest BCUT2D eigenvalue weighted by Crippen LogP contribution is 2.28. The van der Waals surface area contributed by atoms with E-state index in [4.69, 9.17) is 5.26 Å². The summed E-state index contributed by atoms with van der Waals surface area (Å²) in [6.07, 6.45) is 1.70. The van der Waals surface area contributed by atoms with E-state index in [1.807, 2.05) is 31.2 Å². The third kappa shape index (κ3) is 2.71. The zero-order chi connectivity index (χ0) is 13.1. The molecule has 1 aromatic heterocycles. The summed E-state index contributed by atoms with van der Waals surface area (Å²) >= 11 is 6.78. The third-order valence-corrected chi connectivity index (χ3v) is 3.48. The number of nitrogens with zero attached hydrogens (tertiary/aromatic N) is 2. The van der Waals surface area contributed by atoms with Gasteiger partial charge in [0.15, 0.2) is 0 Å². The number of benzene rings is 1. The number of halogens is 2. The van der Waals surface area contributed by atoms with Gasteiger partial charge in [-0.1, -0.05) is 12.1 Å². The second-order valence-corrected chi connectivity index (χ2v) is 5.49. The fourth-order valence-electron chi connectivity index (χ4n) is 1.55. The summed E-state index contributed by atoms with van der Waals surface area (Å²) in [6.45, 7) is 1.91. The van der Waals surface area contributed by atoms with Crippen molar-refractivity contribution in [3.63, 3.8) is 0 Å². The molecule has 0 radical (unpaired) electrons. The number of aryl methyl sites for hydroxylation is 1. The average Bonchev–Trinajstić information content (AvgIpc) is 2.33. The van der Waals surface area contributed by atoms with Crippen molar-refractivity contribution in [3.05, 3.63) is 50.5 Å². The Morgan fingerprint density at radius 3 is 2.78 bits per heavy atom. The Bertz CT molecular complexity index is 633. The summed E-state index contributed by atoms with van der Waals surface area (Å²) in [5.74, 6) is 0.681. The molecule has 0 bridgehead atoms. The molecule has 0 aliphatic heterocycles. The molecule has 0 spiro atoms. The molecule has 0 saturated heterocycles. The van der Waals surface area contributed by atoms with E-state index in [0.717, 1.165) is 20.2 Å². The molecule has 3 nitrogen and oxygen atoms in total. The van der Waals surface area contributed by atoms with Gasteiger partial charge >= 0.3 is 0 Å². The lowest BCUT2D eigenvalue weighted by molar-refractivity contribution is 1.27. The predicted molar refractivity (Wildman–Crippen MR) is 78.8 cm³/mol. The summed E-state index contributed by atoms with van der Waals surface area (Å²) in [5.41, 5.74) is 2.33. The minimum absolute atomic E-state index is 0.633. The van der Waals surface area contributed by atoms with Crippen LogP contribution in [0.4, 0.5) is 11.5 Å². The molecule has 0 fully saturated rings. The van der Waals surface area contributed by atoms with Crippen LogP contribution < -0.4 is 5.32 Å². The number of pyridine rings is 1. The second kappa shape index (κ2) is 5.51. The standard InChI is InChI=1S/C13H9Br2N3/c1-8-3-2-4-12(10(8)6-16)18-13-11(15)5-9(14)7-17-13/h2-5,7H,1H3,(H,17,18). The number of nitrogens with one attached hydrogen (secondary N) is 1. The van der Waals surface area contributed by atoms with Crippen molar-refractivity contribution in [2.75, 3.05) is 5.32 Å². The van der Waals surface area contributed by atoms with Crippen molar-refractivity contribution >= 4 is 43.4 Å². The van der Waals surface area contributed by atoms with Crippen LogP contribution in [0.15, 0.2) is 39.4 Å². The molecule has 2 rings (SSSR count). The van der Waals surface area contributed by atoms with E-state index >= 15 is 0 Å². The molecule has 0 atom stereocenters. The Labute approximate surface area is 122 Å². The van der Waals surface area contributed by atoms with Crippen LogP contribution in [-0.4, -0.2) is 4.98 Å². The predicted octanol–water partition coefficient (Wildman–Crippen LogP) is 4.53. The monoisotopic (exact) mass is 365 g/mol. The van der Waals surface area contributed by atoms with Gasteiger partial charge in [0.2, 0.25) is 0 Å². The molecule has 1 N–H and O–H groups in total. The van der Waals surface area contributed by atoms with Crippen molar-refractivity contribution in [2.45, 2.75) is 6.92 Å². The molecule has 1 aromatic carbocycles. The first-order valence-electron chi connectivity index (χ1n) is 5.19. The van der Waals surface area contributed by atoms with Crippen LogP contribution in [0.1, 0.15) is 11.1 Å². The highest BCUT2D eigenvalue weighted by molar-refractivity contribution is 9.11. The van der Waals surface area contributed by atoms with Crippen molar-refractivity contribution in [1.82, 2.24) is 4.98 Å². The van der Waals surface area contributed by atoms with Gasteiger partial charge < -0.3 is 5.32 Å². The highest BCUT2D eigenvalue weighted by Gasteiger charge is 2.08. The van der Waals surface area contributed by atoms with E-state index in [9.17, 15) is 0 Å². The van der Waals surface area contributed by atoms with Crippen LogP contribution >= 0.6 is 31.9 Å². The smallest absolute Gasteiger partial charge is 0.144 e. The maximum atomic E-state index is 9.16.